The molecule has 0 spiro atoms. The van der Waals surface area contributed by atoms with Gasteiger partial charge in [0, 0.05) is 40.9 Å². The number of fused-ring (bicyclic) bond motifs is 2. The third-order valence-electron chi connectivity index (χ3n) is 5.55. The topological polar surface area (TPSA) is 85.7 Å². The van der Waals surface area contributed by atoms with E-state index in [1.165, 1.54) is 0 Å². The number of amides is 1. The van der Waals surface area contributed by atoms with Crippen LogP contribution in [0.1, 0.15) is 28.4 Å². The molecule has 0 saturated heterocycles. The van der Waals surface area contributed by atoms with Gasteiger partial charge in [-0.3, -0.25) is 9.78 Å². The minimum absolute atomic E-state index is 0.131. The van der Waals surface area contributed by atoms with E-state index in [4.69, 9.17) is 14.5 Å². The van der Waals surface area contributed by atoms with Gasteiger partial charge in [-0.2, -0.15) is 5.10 Å². The Balaban J connectivity index is 1.44. The summed E-state index contributed by atoms with van der Waals surface area (Å²) >= 11 is 0. The summed E-state index contributed by atoms with van der Waals surface area (Å²) in [6.07, 6.45) is 5.94. The molecule has 0 bridgehead atoms. The molecule has 0 saturated carbocycles. The van der Waals surface area contributed by atoms with Crippen molar-refractivity contribution in [1.29, 1.82) is 0 Å². The second kappa shape index (κ2) is 8.70. The molecule has 4 aromatic rings. The van der Waals surface area contributed by atoms with E-state index in [0.29, 0.717) is 17.0 Å². The van der Waals surface area contributed by atoms with Crippen LogP contribution in [0, 0.1) is 0 Å². The van der Waals surface area contributed by atoms with Crippen LogP contribution >= 0.6 is 0 Å². The predicted molar refractivity (Wildman–Crippen MR) is 127 cm³/mol. The normalized spacial score (nSPS) is 14.8. The molecule has 2 aromatic carbocycles. The number of methoxy groups -OCH3 is 1. The fraction of sp³-hybridized carbons (Fsp3) is 0.154. The Morgan fingerprint density at radius 1 is 1.18 bits per heavy atom. The molecule has 0 aliphatic carbocycles. The summed E-state index contributed by atoms with van der Waals surface area (Å²) < 4.78 is 11.3. The highest BCUT2D eigenvalue weighted by Gasteiger charge is 2.21. The fourth-order valence-electron chi connectivity index (χ4n) is 3.99. The molecule has 1 N–H and O–H groups in total. The first-order valence-corrected chi connectivity index (χ1v) is 10.6. The van der Waals surface area contributed by atoms with E-state index in [0.717, 1.165) is 39.8 Å². The second-order valence-electron chi connectivity index (χ2n) is 7.84. The van der Waals surface area contributed by atoms with Crippen LogP contribution in [0.25, 0.3) is 22.2 Å². The van der Waals surface area contributed by atoms with Crippen LogP contribution in [-0.4, -0.2) is 35.3 Å². The van der Waals surface area contributed by atoms with Crippen molar-refractivity contribution in [3.8, 4) is 22.8 Å². The van der Waals surface area contributed by atoms with Crippen LogP contribution in [0.2, 0.25) is 0 Å². The van der Waals surface area contributed by atoms with Crippen LogP contribution in [0.3, 0.4) is 0 Å². The number of nitrogens with one attached hydrogen (secondary N) is 1. The van der Waals surface area contributed by atoms with E-state index < -0.39 is 0 Å². The highest BCUT2D eigenvalue weighted by Crippen LogP contribution is 2.34. The van der Waals surface area contributed by atoms with E-state index in [1.807, 2.05) is 55.5 Å². The third kappa shape index (κ3) is 4.13. The van der Waals surface area contributed by atoms with Gasteiger partial charge in [-0.25, -0.2) is 10.4 Å². The second-order valence-corrected chi connectivity index (χ2v) is 7.84. The van der Waals surface area contributed by atoms with Crippen molar-refractivity contribution in [2.75, 3.05) is 7.11 Å². The average Bonchev–Trinajstić information content (AvgIpc) is 3.22. The summed E-state index contributed by atoms with van der Waals surface area (Å²) in [5, 5.41) is 4.94. The first kappa shape index (κ1) is 20.6. The standard InChI is InChI=1S/C26H22N4O3/c1-16-11-18-12-24(32-2)19(13-25(18)33-16)15-28-30-26(31)21-14-23(17-7-9-27-10-8-17)29-22-6-4-3-5-20(21)22/h3-10,12-16H,11H2,1-2H3,(H,30,31)/b28-15+. The van der Waals surface area contributed by atoms with Gasteiger partial charge in [-0.1, -0.05) is 18.2 Å². The Kier molecular flexibility index (Phi) is 5.44. The largest absolute Gasteiger partial charge is 0.496 e. The first-order chi connectivity index (χ1) is 16.1. The van der Waals surface area contributed by atoms with Crippen LogP contribution in [0.4, 0.5) is 0 Å². The molecule has 1 aliphatic heterocycles. The summed E-state index contributed by atoms with van der Waals surface area (Å²) in [6.45, 7) is 2.03. The number of carbonyl (C=O) groups is 1. The zero-order chi connectivity index (χ0) is 22.8. The number of nitrogens with zero attached hydrogens (tertiary/aromatic N) is 3. The molecule has 1 aliphatic rings. The Hall–Kier alpha value is -4.26. The summed E-state index contributed by atoms with van der Waals surface area (Å²) in [5.41, 5.74) is 7.26. The van der Waals surface area contributed by atoms with Crippen molar-refractivity contribution < 1.29 is 14.3 Å². The van der Waals surface area contributed by atoms with Crippen LogP contribution in [0.15, 0.2) is 72.1 Å². The van der Waals surface area contributed by atoms with Gasteiger partial charge >= 0.3 is 0 Å². The maximum Gasteiger partial charge on any atom is 0.272 e. The molecule has 2 aromatic heterocycles. The number of ether oxygens (including phenoxy) is 2. The zero-order valence-electron chi connectivity index (χ0n) is 18.3. The molecular weight excluding hydrogens is 416 g/mol. The lowest BCUT2D eigenvalue weighted by Gasteiger charge is -2.09. The number of carbonyl (C=O) groups excluding carboxylic acids is 1. The molecule has 1 unspecified atom stereocenters. The molecule has 33 heavy (non-hydrogen) atoms. The third-order valence-corrected chi connectivity index (χ3v) is 5.55. The number of para-hydroxylation sites is 1. The Bertz CT molecular complexity index is 1370. The summed E-state index contributed by atoms with van der Waals surface area (Å²) in [7, 11) is 1.61. The van der Waals surface area contributed by atoms with Crippen molar-refractivity contribution in [3.05, 3.63) is 83.7 Å². The number of benzene rings is 2. The molecule has 5 rings (SSSR count). The van der Waals surface area contributed by atoms with Gasteiger partial charge < -0.3 is 9.47 Å². The lowest BCUT2D eigenvalue weighted by Crippen LogP contribution is -2.18. The van der Waals surface area contributed by atoms with E-state index in [-0.39, 0.29) is 12.0 Å². The predicted octanol–water partition coefficient (Wildman–Crippen LogP) is 4.39. The lowest BCUT2D eigenvalue weighted by molar-refractivity contribution is 0.0956. The van der Waals surface area contributed by atoms with Gasteiger partial charge in [-0.05, 0) is 43.3 Å². The van der Waals surface area contributed by atoms with Crippen LogP contribution in [-0.2, 0) is 6.42 Å². The molecule has 3 heterocycles. The number of rotatable bonds is 5. The highest BCUT2D eigenvalue weighted by molar-refractivity contribution is 6.07. The van der Waals surface area contributed by atoms with Gasteiger partial charge in [0.2, 0.25) is 0 Å². The summed E-state index contributed by atoms with van der Waals surface area (Å²) in [6, 6.07) is 16.9. The van der Waals surface area contributed by atoms with Crippen molar-refractivity contribution in [2.24, 2.45) is 5.10 Å². The van der Waals surface area contributed by atoms with Crippen LogP contribution in [0.5, 0.6) is 11.5 Å². The van der Waals surface area contributed by atoms with E-state index in [9.17, 15) is 4.79 Å². The van der Waals surface area contributed by atoms with Gasteiger partial charge in [0.05, 0.1) is 30.1 Å². The summed E-state index contributed by atoms with van der Waals surface area (Å²) in [5.74, 6) is 1.17. The molecule has 1 amide bonds. The quantitative estimate of drug-likeness (QED) is 0.369. The van der Waals surface area contributed by atoms with Crippen molar-refractivity contribution >= 4 is 23.0 Å². The first-order valence-electron chi connectivity index (χ1n) is 10.6. The maximum atomic E-state index is 13.1. The Morgan fingerprint density at radius 2 is 2.00 bits per heavy atom. The van der Waals surface area contributed by atoms with Crippen molar-refractivity contribution in [2.45, 2.75) is 19.4 Å². The van der Waals surface area contributed by atoms with Crippen molar-refractivity contribution in [1.82, 2.24) is 15.4 Å². The van der Waals surface area contributed by atoms with E-state index >= 15 is 0 Å². The molecule has 164 valence electrons. The molecule has 7 heteroatoms. The van der Waals surface area contributed by atoms with Gasteiger partial charge in [-0.15, -0.1) is 0 Å². The number of pyridine rings is 2. The average molecular weight is 438 g/mol. The maximum absolute atomic E-state index is 13.1. The van der Waals surface area contributed by atoms with Crippen molar-refractivity contribution in [3.63, 3.8) is 0 Å². The van der Waals surface area contributed by atoms with Crippen LogP contribution < -0.4 is 14.9 Å². The SMILES string of the molecule is COc1cc2c(cc1/C=N/NC(=O)c1cc(-c3ccncc3)nc3ccccc13)OC(C)C2. The monoisotopic (exact) mass is 438 g/mol. The lowest BCUT2D eigenvalue weighted by atomic mass is 10.0. The van der Waals surface area contributed by atoms with E-state index in [2.05, 4.69) is 15.5 Å². The number of hydrazone groups is 1. The molecule has 0 fully saturated rings. The fourth-order valence-corrected chi connectivity index (χ4v) is 3.99. The Morgan fingerprint density at radius 3 is 2.82 bits per heavy atom. The Labute approximate surface area is 191 Å². The molecule has 0 radical (unpaired) electrons. The minimum Gasteiger partial charge on any atom is -0.496 e. The zero-order valence-corrected chi connectivity index (χ0v) is 18.3. The number of aromatic nitrogens is 2. The molecule has 7 nitrogen and oxygen atoms in total. The smallest absolute Gasteiger partial charge is 0.272 e. The molecule has 1 atom stereocenters. The number of hydrogen-bond acceptors (Lipinski definition) is 6. The molecular formula is C26H22N4O3. The van der Waals surface area contributed by atoms with Gasteiger partial charge in [0.1, 0.15) is 17.6 Å². The van der Waals surface area contributed by atoms with E-state index in [1.54, 1.807) is 31.8 Å². The van der Waals surface area contributed by atoms with Gasteiger partial charge in [0.15, 0.2) is 0 Å². The highest BCUT2D eigenvalue weighted by atomic mass is 16.5. The summed E-state index contributed by atoms with van der Waals surface area (Å²) in [4.78, 5) is 21.9. The van der Waals surface area contributed by atoms with Gasteiger partial charge in [0.25, 0.3) is 5.91 Å². The number of hydrogen-bond donors (Lipinski definition) is 1. The minimum atomic E-state index is -0.329.